The van der Waals surface area contributed by atoms with E-state index < -0.39 is 0 Å². The van der Waals surface area contributed by atoms with Gasteiger partial charge in [-0.05, 0) is 25.5 Å². The van der Waals surface area contributed by atoms with Crippen LogP contribution >= 0.6 is 0 Å². The fourth-order valence-electron chi connectivity index (χ4n) is 2.09. The third-order valence-electron chi connectivity index (χ3n) is 2.95. The lowest BCUT2D eigenvalue weighted by Crippen LogP contribution is -2.33. The highest BCUT2D eigenvalue weighted by molar-refractivity contribution is 5.82. The minimum absolute atomic E-state index is 1.31. The topological polar surface area (TPSA) is 3.88 Å². The molecule has 1 heterocycles. The van der Waals surface area contributed by atoms with Gasteiger partial charge in [-0.25, -0.2) is 0 Å². The predicted octanol–water partition coefficient (Wildman–Crippen LogP) is 2.59. The van der Waals surface area contributed by atoms with E-state index in [0.29, 0.717) is 0 Å². The van der Waals surface area contributed by atoms with E-state index in [1.807, 2.05) is 0 Å². The second-order valence-electron chi connectivity index (χ2n) is 4.00. The van der Waals surface area contributed by atoms with Crippen LogP contribution in [-0.2, 0) is 7.05 Å². The highest BCUT2D eigenvalue weighted by Crippen LogP contribution is 2.18. The van der Waals surface area contributed by atoms with Gasteiger partial charge in [0.1, 0.15) is 7.05 Å². The molecule has 0 saturated carbocycles. The summed E-state index contributed by atoms with van der Waals surface area (Å²) in [5.74, 6) is 0. The Balaban J connectivity index is 3.03. The van der Waals surface area contributed by atoms with Gasteiger partial charge in [0.25, 0.3) is 0 Å². The quantitative estimate of drug-likeness (QED) is 0.557. The molecule has 1 aromatic carbocycles. The molecule has 0 aliphatic heterocycles. The van der Waals surface area contributed by atoms with Crippen molar-refractivity contribution in [3.05, 3.63) is 41.1 Å². The van der Waals surface area contributed by atoms with Crippen molar-refractivity contribution in [2.75, 3.05) is 0 Å². The number of para-hydroxylation sites is 1. The molecule has 0 unspecified atom stereocenters. The van der Waals surface area contributed by atoms with Crippen molar-refractivity contribution in [1.29, 1.82) is 0 Å². The average Bonchev–Trinajstić information content (AvgIpc) is 2.14. The summed E-state index contributed by atoms with van der Waals surface area (Å²) < 4.78 is 2.26. The Morgan fingerprint density at radius 1 is 1.00 bits per heavy atom. The first-order chi connectivity index (χ1) is 6.61. The Bertz CT molecular complexity index is 498. The summed E-state index contributed by atoms with van der Waals surface area (Å²) in [4.78, 5) is 0. The van der Waals surface area contributed by atoms with Crippen LogP contribution in [0.3, 0.4) is 0 Å². The Morgan fingerprint density at radius 2 is 1.71 bits per heavy atom. The summed E-state index contributed by atoms with van der Waals surface area (Å²) in [6.45, 7) is 6.49. The van der Waals surface area contributed by atoms with Crippen LogP contribution in [-0.4, -0.2) is 0 Å². The number of fused-ring (bicyclic) bond motifs is 1. The number of pyridine rings is 1. The molecule has 2 rings (SSSR count). The van der Waals surface area contributed by atoms with Crippen LogP contribution in [0.5, 0.6) is 0 Å². The fraction of sp³-hybridized carbons (Fsp3) is 0.308. The third-order valence-corrected chi connectivity index (χ3v) is 2.95. The van der Waals surface area contributed by atoms with Crippen LogP contribution in [0, 0.1) is 20.8 Å². The van der Waals surface area contributed by atoms with Gasteiger partial charge in [0.15, 0.2) is 5.69 Å². The Morgan fingerprint density at radius 3 is 2.43 bits per heavy atom. The molecule has 0 atom stereocenters. The maximum Gasteiger partial charge on any atom is 0.215 e. The van der Waals surface area contributed by atoms with Gasteiger partial charge in [0.2, 0.25) is 5.52 Å². The van der Waals surface area contributed by atoms with Gasteiger partial charge < -0.3 is 0 Å². The summed E-state index contributed by atoms with van der Waals surface area (Å²) in [5.41, 5.74) is 5.37. The van der Waals surface area contributed by atoms with E-state index >= 15 is 0 Å². The molecule has 2 aromatic rings. The zero-order valence-corrected chi connectivity index (χ0v) is 9.26. The zero-order valence-electron chi connectivity index (χ0n) is 9.26. The van der Waals surface area contributed by atoms with Crippen molar-refractivity contribution >= 4 is 10.9 Å². The number of rotatable bonds is 0. The molecule has 0 aliphatic rings. The first kappa shape index (κ1) is 9.20. The van der Waals surface area contributed by atoms with Crippen LogP contribution in [0.25, 0.3) is 10.9 Å². The molecule has 0 spiro atoms. The van der Waals surface area contributed by atoms with E-state index in [2.05, 4.69) is 56.7 Å². The largest absolute Gasteiger partial charge is 0.215 e. The molecule has 14 heavy (non-hydrogen) atoms. The lowest BCUT2D eigenvalue weighted by molar-refractivity contribution is -0.651. The molecule has 0 N–H and O–H groups in total. The molecular formula is C13H16N+. The molecule has 1 heteroatoms. The molecule has 0 bridgehead atoms. The number of benzene rings is 1. The van der Waals surface area contributed by atoms with Crippen molar-refractivity contribution in [3.8, 4) is 0 Å². The van der Waals surface area contributed by atoms with Crippen molar-refractivity contribution in [2.45, 2.75) is 20.8 Å². The lowest BCUT2D eigenvalue weighted by atomic mass is 10.1. The normalized spacial score (nSPS) is 10.9. The molecule has 0 amide bonds. The molecule has 1 aromatic heterocycles. The zero-order chi connectivity index (χ0) is 10.3. The number of nitrogens with zero attached hydrogens (tertiary/aromatic N) is 1. The standard InChI is InChI=1S/C13H16N/c1-9-6-5-7-12-10(2)8-11(3)14(4)13(9)12/h5-8H,1-4H3/q+1. The van der Waals surface area contributed by atoms with Crippen LogP contribution in [0.1, 0.15) is 16.8 Å². The molecule has 0 fully saturated rings. The number of hydrogen-bond donors (Lipinski definition) is 0. The second kappa shape index (κ2) is 3.09. The first-order valence-corrected chi connectivity index (χ1v) is 4.97. The van der Waals surface area contributed by atoms with Crippen LogP contribution < -0.4 is 4.57 Å². The second-order valence-corrected chi connectivity index (χ2v) is 4.00. The lowest BCUT2D eigenvalue weighted by Gasteiger charge is -2.05. The van der Waals surface area contributed by atoms with Crippen LogP contribution in [0.4, 0.5) is 0 Å². The number of aryl methyl sites for hydroxylation is 4. The fourth-order valence-corrected chi connectivity index (χ4v) is 2.09. The smallest absolute Gasteiger partial charge is 0.198 e. The van der Waals surface area contributed by atoms with Crippen molar-refractivity contribution in [1.82, 2.24) is 0 Å². The minimum atomic E-state index is 1.31. The van der Waals surface area contributed by atoms with E-state index in [1.165, 1.54) is 27.7 Å². The Hall–Kier alpha value is -1.37. The van der Waals surface area contributed by atoms with Crippen LogP contribution in [0.2, 0.25) is 0 Å². The number of hydrogen-bond acceptors (Lipinski definition) is 0. The Labute approximate surface area is 85.0 Å². The first-order valence-electron chi connectivity index (χ1n) is 4.97. The van der Waals surface area contributed by atoms with Crippen LogP contribution in [0.15, 0.2) is 24.3 Å². The molecule has 0 saturated heterocycles. The molecular weight excluding hydrogens is 170 g/mol. The summed E-state index contributed by atoms with van der Waals surface area (Å²) in [6.07, 6.45) is 0. The molecule has 0 aliphatic carbocycles. The minimum Gasteiger partial charge on any atom is -0.198 e. The maximum absolute atomic E-state index is 2.26. The van der Waals surface area contributed by atoms with Gasteiger partial charge >= 0.3 is 0 Å². The van der Waals surface area contributed by atoms with E-state index in [9.17, 15) is 0 Å². The molecule has 0 radical (unpaired) electrons. The monoisotopic (exact) mass is 186 g/mol. The van der Waals surface area contributed by atoms with Crippen molar-refractivity contribution in [3.63, 3.8) is 0 Å². The summed E-state index contributed by atoms with van der Waals surface area (Å²) in [7, 11) is 2.13. The number of aromatic nitrogens is 1. The van der Waals surface area contributed by atoms with E-state index in [0.717, 1.165) is 0 Å². The third kappa shape index (κ3) is 1.20. The molecule has 1 nitrogen and oxygen atoms in total. The van der Waals surface area contributed by atoms with E-state index in [4.69, 9.17) is 0 Å². The van der Waals surface area contributed by atoms with Gasteiger partial charge in [-0.1, -0.05) is 12.1 Å². The summed E-state index contributed by atoms with van der Waals surface area (Å²) in [6, 6.07) is 8.72. The summed E-state index contributed by atoms with van der Waals surface area (Å²) in [5, 5.41) is 1.36. The predicted molar refractivity (Wildman–Crippen MR) is 59.3 cm³/mol. The van der Waals surface area contributed by atoms with Crippen molar-refractivity contribution in [2.24, 2.45) is 7.05 Å². The SMILES string of the molecule is Cc1cc(C)[n+](C)c2c(C)cccc12. The highest BCUT2D eigenvalue weighted by Gasteiger charge is 2.12. The Kier molecular flexibility index (Phi) is 2.03. The summed E-state index contributed by atoms with van der Waals surface area (Å²) >= 11 is 0. The maximum atomic E-state index is 2.26. The van der Waals surface area contributed by atoms with Gasteiger partial charge in [-0.2, -0.15) is 4.57 Å². The van der Waals surface area contributed by atoms with Gasteiger partial charge in [0.05, 0.1) is 0 Å². The van der Waals surface area contributed by atoms with Crippen molar-refractivity contribution < 1.29 is 4.57 Å². The van der Waals surface area contributed by atoms with Gasteiger partial charge in [0, 0.05) is 23.9 Å². The van der Waals surface area contributed by atoms with Gasteiger partial charge in [-0.15, -0.1) is 0 Å². The van der Waals surface area contributed by atoms with Gasteiger partial charge in [-0.3, -0.25) is 0 Å². The van der Waals surface area contributed by atoms with E-state index in [-0.39, 0.29) is 0 Å². The highest BCUT2D eigenvalue weighted by atomic mass is 14.9. The average molecular weight is 186 g/mol. The van der Waals surface area contributed by atoms with E-state index in [1.54, 1.807) is 0 Å². The molecule has 72 valence electrons.